The van der Waals surface area contributed by atoms with E-state index in [0.717, 1.165) is 5.56 Å². The van der Waals surface area contributed by atoms with Gasteiger partial charge in [-0.3, -0.25) is 19.4 Å². The van der Waals surface area contributed by atoms with Crippen LogP contribution in [-0.4, -0.2) is 66.6 Å². The van der Waals surface area contributed by atoms with Gasteiger partial charge < -0.3 is 0 Å². The van der Waals surface area contributed by atoms with Gasteiger partial charge in [0, 0.05) is 26.2 Å². The van der Waals surface area contributed by atoms with Gasteiger partial charge in [-0.15, -0.1) is 0 Å². The number of hydrogen-bond acceptors (Lipinski definition) is 5. The highest BCUT2D eigenvalue weighted by molar-refractivity contribution is 7.89. The summed E-state index contributed by atoms with van der Waals surface area (Å²) in [7, 11) is -3.54. The molecule has 1 atom stereocenters. The van der Waals surface area contributed by atoms with Gasteiger partial charge in [-0.1, -0.05) is 48.5 Å². The average molecular weight is 413 g/mol. The molecule has 0 spiro atoms. The molecule has 0 aromatic heterocycles. The van der Waals surface area contributed by atoms with E-state index in [1.54, 1.807) is 30.3 Å². The van der Waals surface area contributed by atoms with Gasteiger partial charge in [0.15, 0.2) is 0 Å². The highest BCUT2D eigenvalue weighted by Crippen LogP contribution is 2.24. The molecule has 0 N–H and O–H groups in total. The Kier molecular flexibility index (Phi) is 5.49. The molecule has 152 valence electrons. The van der Waals surface area contributed by atoms with Crippen LogP contribution in [0.25, 0.3) is 0 Å². The number of hydrogen-bond donors (Lipinski definition) is 0. The molecule has 0 saturated carbocycles. The molecule has 0 radical (unpaired) electrons. The highest BCUT2D eigenvalue weighted by atomic mass is 32.2. The number of piperazine rings is 1. The van der Waals surface area contributed by atoms with Crippen molar-refractivity contribution in [3.05, 3.63) is 66.2 Å². The van der Waals surface area contributed by atoms with Crippen molar-refractivity contribution >= 4 is 21.8 Å². The number of sulfonamides is 1. The largest absolute Gasteiger partial charge is 0.289 e. The molecule has 8 heteroatoms. The van der Waals surface area contributed by atoms with Gasteiger partial charge in [0.2, 0.25) is 21.8 Å². The molecule has 2 aliphatic heterocycles. The average Bonchev–Trinajstić information content (AvgIpc) is 3.03. The zero-order valence-electron chi connectivity index (χ0n) is 16.0. The van der Waals surface area contributed by atoms with Crippen molar-refractivity contribution < 1.29 is 18.0 Å². The summed E-state index contributed by atoms with van der Waals surface area (Å²) in [5.74, 6) is -0.374. The van der Waals surface area contributed by atoms with Crippen LogP contribution < -0.4 is 0 Å². The third kappa shape index (κ3) is 3.96. The van der Waals surface area contributed by atoms with Crippen molar-refractivity contribution in [3.63, 3.8) is 0 Å². The fraction of sp³-hybridized carbons (Fsp3) is 0.333. The van der Waals surface area contributed by atoms with Gasteiger partial charge in [0.25, 0.3) is 0 Å². The lowest BCUT2D eigenvalue weighted by atomic mass is 10.2. The lowest BCUT2D eigenvalue weighted by Gasteiger charge is -2.36. The van der Waals surface area contributed by atoms with Crippen LogP contribution in [0.3, 0.4) is 0 Å². The molecule has 7 nitrogen and oxygen atoms in total. The smallest absolute Gasteiger partial charge is 0.247 e. The maximum Gasteiger partial charge on any atom is 0.247 e. The van der Waals surface area contributed by atoms with Crippen LogP contribution in [-0.2, 0) is 26.2 Å². The van der Waals surface area contributed by atoms with E-state index in [0.29, 0.717) is 26.2 Å². The standard InChI is InChI=1S/C21H23N3O4S/c25-20-15-19(21(26)24(20)16-17-7-3-1-4-8-17)22-11-13-23(14-12-22)29(27,28)18-9-5-2-6-10-18/h1-10,19H,11-16H2/t19-/m1/s1. The molecule has 29 heavy (non-hydrogen) atoms. The maximum atomic E-state index is 12.9. The van der Waals surface area contributed by atoms with Crippen molar-refractivity contribution in [1.82, 2.24) is 14.1 Å². The molecule has 2 aromatic carbocycles. The quantitative estimate of drug-likeness (QED) is 0.691. The normalized spacial score (nSPS) is 21.7. The van der Waals surface area contributed by atoms with E-state index in [1.807, 2.05) is 35.2 Å². The van der Waals surface area contributed by atoms with E-state index in [9.17, 15) is 18.0 Å². The summed E-state index contributed by atoms with van der Waals surface area (Å²) in [5, 5.41) is 0. The fourth-order valence-corrected chi connectivity index (χ4v) is 5.32. The summed E-state index contributed by atoms with van der Waals surface area (Å²) >= 11 is 0. The Morgan fingerprint density at radius 3 is 2.03 bits per heavy atom. The molecular weight excluding hydrogens is 390 g/mol. The molecule has 4 rings (SSSR count). The third-order valence-electron chi connectivity index (χ3n) is 5.50. The van der Waals surface area contributed by atoms with Crippen molar-refractivity contribution in [3.8, 4) is 0 Å². The minimum atomic E-state index is -3.54. The SMILES string of the molecule is O=C1C[C@@H](N2CCN(S(=O)(=O)c3ccccc3)CC2)C(=O)N1Cc1ccccc1. The van der Waals surface area contributed by atoms with Crippen LogP contribution >= 0.6 is 0 Å². The van der Waals surface area contributed by atoms with Crippen molar-refractivity contribution in [2.24, 2.45) is 0 Å². The molecule has 2 aliphatic rings. The van der Waals surface area contributed by atoms with Crippen LogP contribution in [0.15, 0.2) is 65.6 Å². The van der Waals surface area contributed by atoms with Gasteiger partial charge >= 0.3 is 0 Å². The number of imide groups is 1. The van der Waals surface area contributed by atoms with Gasteiger partial charge in [-0.05, 0) is 17.7 Å². The summed E-state index contributed by atoms with van der Waals surface area (Å²) < 4.78 is 27.0. The molecule has 2 amide bonds. The maximum absolute atomic E-state index is 12.9. The Balaban J connectivity index is 1.40. The van der Waals surface area contributed by atoms with Crippen LogP contribution in [0.4, 0.5) is 0 Å². The zero-order valence-corrected chi connectivity index (χ0v) is 16.8. The van der Waals surface area contributed by atoms with Gasteiger partial charge in [0.1, 0.15) is 0 Å². The van der Waals surface area contributed by atoms with E-state index >= 15 is 0 Å². The first-order valence-electron chi connectivity index (χ1n) is 9.64. The third-order valence-corrected chi connectivity index (χ3v) is 7.41. The number of nitrogens with zero attached hydrogens (tertiary/aromatic N) is 3. The van der Waals surface area contributed by atoms with Crippen molar-refractivity contribution in [1.29, 1.82) is 0 Å². The monoisotopic (exact) mass is 413 g/mol. The van der Waals surface area contributed by atoms with Crippen LogP contribution in [0, 0.1) is 0 Å². The Hall–Kier alpha value is -2.55. The van der Waals surface area contributed by atoms with Gasteiger partial charge in [0.05, 0.1) is 23.9 Å². The Morgan fingerprint density at radius 1 is 0.828 bits per heavy atom. The molecule has 2 heterocycles. The summed E-state index contributed by atoms with van der Waals surface area (Å²) in [6.07, 6.45) is 0.150. The summed E-state index contributed by atoms with van der Waals surface area (Å²) in [6, 6.07) is 17.3. The first-order chi connectivity index (χ1) is 14.0. The van der Waals surface area contributed by atoms with E-state index in [2.05, 4.69) is 0 Å². The Morgan fingerprint density at radius 2 is 1.41 bits per heavy atom. The molecule has 2 fully saturated rings. The first-order valence-corrected chi connectivity index (χ1v) is 11.1. The number of carbonyl (C=O) groups is 2. The number of rotatable bonds is 5. The Labute approximate surface area is 170 Å². The molecule has 2 saturated heterocycles. The van der Waals surface area contributed by atoms with Crippen molar-refractivity contribution in [2.45, 2.75) is 23.9 Å². The first kappa shape index (κ1) is 19.8. The highest BCUT2D eigenvalue weighted by Gasteiger charge is 2.43. The van der Waals surface area contributed by atoms with Crippen LogP contribution in [0.1, 0.15) is 12.0 Å². The predicted molar refractivity (Wildman–Crippen MR) is 107 cm³/mol. The summed E-state index contributed by atoms with van der Waals surface area (Å²) in [6.45, 7) is 1.73. The molecule has 2 aromatic rings. The number of likely N-dealkylation sites (tertiary alicyclic amines) is 1. The zero-order chi connectivity index (χ0) is 20.4. The van der Waals surface area contributed by atoms with Crippen molar-refractivity contribution in [2.75, 3.05) is 26.2 Å². The second-order valence-corrected chi connectivity index (χ2v) is 9.21. The van der Waals surface area contributed by atoms with E-state index in [-0.39, 0.29) is 29.7 Å². The minimum Gasteiger partial charge on any atom is -0.289 e. The fourth-order valence-electron chi connectivity index (χ4n) is 3.88. The Bertz CT molecular complexity index is 987. The molecule has 0 bridgehead atoms. The van der Waals surface area contributed by atoms with Crippen LogP contribution in [0.2, 0.25) is 0 Å². The lowest BCUT2D eigenvalue weighted by molar-refractivity contribution is -0.140. The number of amides is 2. The summed E-state index contributed by atoms with van der Waals surface area (Å²) in [4.78, 5) is 28.8. The van der Waals surface area contributed by atoms with Gasteiger partial charge in [-0.2, -0.15) is 4.31 Å². The summed E-state index contributed by atoms with van der Waals surface area (Å²) in [5.41, 5.74) is 0.911. The topological polar surface area (TPSA) is 78.0 Å². The van der Waals surface area contributed by atoms with Crippen LogP contribution in [0.5, 0.6) is 0 Å². The second-order valence-electron chi connectivity index (χ2n) is 7.28. The predicted octanol–water partition coefficient (Wildman–Crippen LogP) is 1.32. The number of carbonyl (C=O) groups excluding carboxylic acids is 2. The molecular formula is C21H23N3O4S. The molecule has 0 unspecified atom stereocenters. The second kappa shape index (κ2) is 8.06. The minimum absolute atomic E-state index is 0.150. The van der Waals surface area contributed by atoms with E-state index < -0.39 is 16.1 Å². The number of benzene rings is 2. The van der Waals surface area contributed by atoms with E-state index in [4.69, 9.17) is 0 Å². The lowest BCUT2D eigenvalue weighted by Crippen LogP contribution is -2.53. The van der Waals surface area contributed by atoms with Gasteiger partial charge in [-0.25, -0.2) is 8.42 Å². The molecule has 0 aliphatic carbocycles. The van der Waals surface area contributed by atoms with E-state index in [1.165, 1.54) is 9.21 Å².